The lowest BCUT2D eigenvalue weighted by Gasteiger charge is -2.35. The maximum Gasteiger partial charge on any atom is 0.410 e. The number of rotatable bonds is 4. The molecule has 1 aliphatic heterocycles. The Morgan fingerprint density at radius 1 is 1.35 bits per heavy atom. The third-order valence-corrected chi connectivity index (χ3v) is 3.31. The summed E-state index contributed by atoms with van der Waals surface area (Å²) in [6.45, 7) is 10.5. The van der Waals surface area contributed by atoms with Gasteiger partial charge in [0.25, 0.3) is 0 Å². The minimum Gasteiger partial charge on any atom is -0.444 e. The molecule has 1 rings (SSSR count). The van der Waals surface area contributed by atoms with Crippen LogP contribution in [0, 0.1) is 0 Å². The van der Waals surface area contributed by atoms with Gasteiger partial charge in [-0.1, -0.05) is 0 Å². The number of piperidine rings is 1. The van der Waals surface area contributed by atoms with Crippen molar-refractivity contribution in [1.82, 2.24) is 15.1 Å². The predicted octanol–water partition coefficient (Wildman–Crippen LogP) is 1.93. The Hall–Kier alpha value is -0.810. The lowest BCUT2D eigenvalue weighted by molar-refractivity contribution is 0.0195. The molecule has 1 heterocycles. The van der Waals surface area contributed by atoms with Crippen molar-refractivity contribution in [2.24, 2.45) is 0 Å². The van der Waals surface area contributed by atoms with Crippen LogP contribution in [0.5, 0.6) is 0 Å². The molecule has 0 saturated carbocycles. The summed E-state index contributed by atoms with van der Waals surface area (Å²) in [5, 5.41) is 3.64. The molecule has 0 bridgehead atoms. The first-order valence-electron chi connectivity index (χ1n) is 7.56. The molecule has 5 heteroatoms. The molecule has 1 unspecified atom stereocenters. The van der Waals surface area contributed by atoms with E-state index in [1.807, 2.05) is 25.7 Å². The maximum atomic E-state index is 12.0. The summed E-state index contributed by atoms with van der Waals surface area (Å²) in [6, 6.07) is 0.978. The highest BCUT2D eigenvalue weighted by molar-refractivity contribution is 5.68. The highest BCUT2D eigenvalue weighted by atomic mass is 16.6. The lowest BCUT2D eigenvalue weighted by atomic mass is 10.0. The predicted molar refractivity (Wildman–Crippen MR) is 82.0 cm³/mol. The van der Waals surface area contributed by atoms with E-state index in [1.165, 1.54) is 0 Å². The van der Waals surface area contributed by atoms with Gasteiger partial charge in [0.05, 0.1) is 0 Å². The Kier molecular flexibility index (Phi) is 6.27. The molecule has 1 atom stereocenters. The summed E-state index contributed by atoms with van der Waals surface area (Å²) < 4.78 is 5.41. The van der Waals surface area contributed by atoms with E-state index >= 15 is 0 Å². The average Bonchev–Trinajstić information content (AvgIpc) is 2.26. The molecule has 1 N–H and O–H groups in total. The van der Waals surface area contributed by atoms with Gasteiger partial charge in [-0.3, -0.25) is 0 Å². The molecule has 0 spiro atoms. The molecule has 20 heavy (non-hydrogen) atoms. The van der Waals surface area contributed by atoms with E-state index in [0.29, 0.717) is 12.1 Å². The molecule has 0 aromatic carbocycles. The van der Waals surface area contributed by atoms with Crippen molar-refractivity contribution in [3.63, 3.8) is 0 Å². The fraction of sp³-hybridized carbons (Fsp3) is 0.933. The van der Waals surface area contributed by atoms with Gasteiger partial charge >= 0.3 is 6.09 Å². The SMILES string of the molecule is CC(CN(C)C)NC1CCN(C(=O)OC(C)(C)C)CC1. The summed E-state index contributed by atoms with van der Waals surface area (Å²) in [5.74, 6) is 0. The second-order valence-electron chi connectivity index (χ2n) is 7.07. The van der Waals surface area contributed by atoms with E-state index in [0.717, 1.165) is 32.5 Å². The zero-order valence-electron chi connectivity index (χ0n) is 13.9. The molecule has 0 aromatic rings. The van der Waals surface area contributed by atoms with Crippen LogP contribution in [0.25, 0.3) is 0 Å². The van der Waals surface area contributed by atoms with Crippen molar-refractivity contribution >= 4 is 6.09 Å². The highest BCUT2D eigenvalue weighted by Gasteiger charge is 2.27. The third-order valence-electron chi connectivity index (χ3n) is 3.31. The van der Waals surface area contributed by atoms with E-state index < -0.39 is 5.60 Å². The Morgan fingerprint density at radius 3 is 2.35 bits per heavy atom. The molecule has 1 aliphatic rings. The van der Waals surface area contributed by atoms with Crippen molar-refractivity contribution in [3.8, 4) is 0 Å². The van der Waals surface area contributed by atoms with Gasteiger partial charge in [0, 0.05) is 31.7 Å². The Morgan fingerprint density at radius 2 is 1.90 bits per heavy atom. The second-order valence-corrected chi connectivity index (χ2v) is 7.07. The van der Waals surface area contributed by atoms with Crippen molar-refractivity contribution in [3.05, 3.63) is 0 Å². The van der Waals surface area contributed by atoms with Crippen LogP contribution >= 0.6 is 0 Å². The van der Waals surface area contributed by atoms with Gasteiger partial charge in [0.15, 0.2) is 0 Å². The minimum atomic E-state index is -0.410. The zero-order chi connectivity index (χ0) is 15.3. The first-order chi connectivity index (χ1) is 9.17. The zero-order valence-corrected chi connectivity index (χ0v) is 13.9. The Balaban J connectivity index is 2.31. The molecule has 1 fully saturated rings. The number of likely N-dealkylation sites (tertiary alicyclic amines) is 1. The maximum absolute atomic E-state index is 12.0. The summed E-state index contributed by atoms with van der Waals surface area (Å²) >= 11 is 0. The molecule has 1 amide bonds. The Labute approximate surface area is 123 Å². The largest absolute Gasteiger partial charge is 0.444 e. The number of nitrogens with zero attached hydrogens (tertiary/aromatic N) is 2. The number of likely N-dealkylation sites (N-methyl/N-ethyl adjacent to an activating group) is 1. The van der Waals surface area contributed by atoms with Gasteiger partial charge in [0.2, 0.25) is 0 Å². The average molecular weight is 285 g/mol. The highest BCUT2D eigenvalue weighted by Crippen LogP contribution is 2.15. The van der Waals surface area contributed by atoms with Crippen molar-refractivity contribution in [2.75, 3.05) is 33.7 Å². The van der Waals surface area contributed by atoms with Crippen LogP contribution in [0.2, 0.25) is 0 Å². The van der Waals surface area contributed by atoms with Crippen molar-refractivity contribution in [1.29, 1.82) is 0 Å². The summed E-state index contributed by atoms with van der Waals surface area (Å²) in [5.41, 5.74) is -0.410. The van der Waals surface area contributed by atoms with Crippen LogP contribution in [0.4, 0.5) is 4.79 Å². The van der Waals surface area contributed by atoms with E-state index in [-0.39, 0.29) is 6.09 Å². The standard InChI is InChI=1S/C15H31N3O2/c1-12(11-17(5)6)16-13-7-9-18(10-8-13)14(19)20-15(2,3)4/h12-13,16H,7-11H2,1-6H3. The van der Waals surface area contributed by atoms with E-state index in [9.17, 15) is 4.79 Å². The van der Waals surface area contributed by atoms with Gasteiger partial charge in [-0.05, 0) is 54.6 Å². The first kappa shape index (κ1) is 17.2. The molecule has 0 aliphatic carbocycles. The monoisotopic (exact) mass is 285 g/mol. The van der Waals surface area contributed by atoms with Gasteiger partial charge in [-0.25, -0.2) is 4.79 Å². The number of ether oxygens (including phenoxy) is 1. The van der Waals surface area contributed by atoms with Crippen LogP contribution < -0.4 is 5.32 Å². The van der Waals surface area contributed by atoms with Gasteiger partial charge < -0.3 is 19.9 Å². The number of hydrogen-bond donors (Lipinski definition) is 1. The molecule has 5 nitrogen and oxygen atoms in total. The van der Waals surface area contributed by atoms with Crippen LogP contribution in [0.1, 0.15) is 40.5 Å². The summed E-state index contributed by atoms with van der Waals surface area (Å²) in [7, 11) is 4.17. The fourth-order valence-electron chi connectivity index (χ4n) is 2.56. The van der Waals surface area contributed by atoms with E-state index in [4.69, 9.17) is 4.74 Å². The van der Waals surface area contributed by atoms with Gasteiger partial charge in [0.1, 0.15) is 5.60 Å². The second kappa shape index (κ2) is 7.27. The van der Waals surface area contributed by atoms with Crippen LogP contribution in [-0.2, 0) is 4.74 Å². The Bertz CT molecular complexity index is 305. The topological polar surface area (TPSA) is 44.8 Å². The number of hydrogen-bond acceptors (Lipinski definition) is 4. The normalized spacial score (nSPS) is 19.2. The van der Waals surface area contributed by atoms with Crippen molar-refractivity contribution in [2.45, 2.75) is 58.2 Å². The quantitative estimate of drug-likeness (QED) is 0.857. The molecular formula is C15H31N3O2. The van der Waals surface area contributed by atoms with E-state index in [2.05, 4.69) is 31.2 Å². The van der Waals surface area contributed by atoms with E-state index in [1.54, 1.807) is 0 Å². The number of nitrogens with one attached hydrogen (secondary N) is 1. The fourth-order valence-corrected chi connectivity index (χ4v) is 2.56. The van der Waals surface area contributed by atoms with Crippen LogP contribution in [-0.4, -0.2) is 67.3 Å². The molecule has 0 aromatic heterocycles. The molecule has 0 radical (unpaired) electrons. The molecule has 1 saturated heterocycles. The first-order valence-corrected chi connectivity index (χ1v) is 7.56. The minimum absolute atomic E-state index is 0.183. The summed E-state index contributed by atoms with van der Waals surface area (Å²) in [4.78, 5) is 16.0. The van der Waals surface area contributed by atoms with Crippen LogP contribution in [0.15, 0.2) is 0 Å². The molecular weight excluding hydrogens is 254 g/mol. The van der Waals surface area contributed by atoms with Crippen LogP contribution in [0.3, 0.4) is 0 Å². The van der Waals surface area contributed by atoms with Crippen molar-refractivity contribution < 1.29 is 9.53 Å². The smallest absolute Gasteiger partial charge is 0.410 e. The van der Waals surface area contributed by atoms with Gasteiger partial charge in [-0.2, -0.15) is 0 Å². The third kappa shape index (κ3) is 6.57. The number of carbonyl (C=O) groups is 1. The number of amides is 1. The summed E-state index contributed by atoms with van der Waals surface area (Å²) in [6.07, 6.45) is 1.81. The molecule has 118 valence electrons. The number of carbonyl (C=O) groups excluding carboxylic acids is 1. The van der Waals surface area contributed by atoms with Gasteiger partial charge in [-0.15, -0.1) is 0 Å². The lowest BCUT2D eigenvalue weighted by Crippen LogP contribution is -2.49.